The third-order valence-electron chi connectivity index (χ3n) is 2.38. The van der Waals surface area contributed by atoms with Gasteiger partial charge in [0.25, 0.3) is 10.0 Å². The lowest BCUT2D eigenvalue weighted by Crippen LogP contribution is -2.13. The van der Waals surface area contributed by atoms with Crippen molar-refractivity contribution < 1.29 is 17.9 Å². The van der Waals surface area contributed by atoms with Crippen molar-refractivity contribution in [1.29, 1.82) is 0 Å². The molecule has 7 heteroatoms. The Hall–Kier alpha value is -2.02. The van der Waals surface area contributed by atoms with Crippen LogP contribution in [0.25, 0.3) is 0 Å². The third kappa shape index (κ3) is 2.04. The monoisotopic (exact) mass is 268 g/mol. The predicted molar refractivity (Wildman–Crippen MR) is 64.4 cm³/mol. The number of aromatic nitrogens is 2. The summed E-state index contributed by atoms with van der Waals surface area (Å²) >= 11 is 0. The van der Waals surface area contributed by atoms with E-state index in [0.717, 1.165) is 4.09 Å². The molecule has 0 fully saturated rings. The van der Waals surface area contributed by atoms with Crippen LogP contribution in [-0.4, -0.2) is 31.8 Å². The van der Waals surface area contributed by atoms with Gasteiger partial charge in [0.2, 0.25) is 0 Å². The molecule has 0 aliphatic carbocycles. The molecule has 0 spiro atoms. The molecule has 2 aromatic rings. The van der Waals surface area contributed by atoms with Crippen molar-refractivity contribution in [2.24, 2.45) is 0 Å². The van der Waals surface area contributed by atoms with Crippen LogP contribution in [0.2, 0.25) is 0 Å². The van der Waals surface area contributed by atoms with Crippen molar-refractivity contribution in [3.8, 4) is 11.5 Å². The highest BCUT2D eigenvalue weighted by molar-refractivity contribution is 7.89. The highest BCUT2D eigenvalue weighted by Crippen LogP contribution is 2.29. The van der Waals surface area contributed by atoms with Gasteiger partial charge in [0.1, 0.15) is 0 Å². The first kappa shape index (κ1) is 12.4. The number of nitrogens with zero attached hydrogens (tertiary/aromatic N) is 2. The van der Waals surface area contributed by atoms with Crippen LogP contribution in [0.1, 0.15) is 0 Å². The fourth-order valence-corrected chi connectivity index (χ4v) is 2.60. The van der Waals surface area contributed by atoms with Gasteiger partial charge in [-0.1, -0.05) is 0 Å². The molecule has 0 aliphatic rings. The summed E-state index contributed by atoms with van der Waals surface area (Å²) in [6.07, 6.45) is 2.77. The molecule has 1 aromatic carbocycles. The van der Waals surface area contributed by atoms with Crippen LogP contribution in [0, 0.1) is 0 Å². The molecule has 0 saturated carbocycles. The number of hydrogen-bond acceptors (Lipinski definition) is 5. The lowest BCUT2D eigenvalue weighted by Gasteiger charge is -2.10. The summed E-state index contributed by atoms with van der Waals surface area (Å²) in [7, 11) is -0.751. The van der Waals surface area contributed by atoms with E-state index in [4.69, 9.17) is 9.47 Å². The maximum absolute atomic E-state index is 12.2. The molecule has 0 amide bonds. The quantitative estimate of drug-likeness (QED) is 0.831. The summed E-state index contributed by atoms with van der Waals surface area (Å²) in [5, 5.41) is 3.72. The van der Waals surface area contributed by atoms with E-state index in [0.29, 0.717) is 11.5 Å². The SMILES string of the molecule is COc1ccc(S(=O)(=O)n2cccn2)cc1OC. The van der Waals surface area contributed by atoms with Gasteiger partial charge in [-0.2, -0.15) is 17.6 Å². The van der Waals surface area contributed by atoms with Gasteiger partial charge in [0.05, 0.1) is 25.3 Å². The Kier molecular flexibility index (Phi) is 3.24. The van der Waals surface area contributed by atoms with Crippen LogP contribution < -0.4 is 9.47 Å². The van der Waals surface area contributed by atoms with Gasteiger partial charge in [-0.15, -0.1) is 0 Å². The molecule has 0 saturated heterocycles. The Labute approximate surface area is 105 Å². The normalized spacial score (nSPS) is 11.2. The Bertz CT molecular complexity index is 635. The maximum atomic E-state index is 12.2. The van der Waals surface area contributed by atoms with E-state index in [1.54, 1.807) is 0 Å². The molecule has 0 bridgehead atoms. The van der Waals surface area contributed by atoms with Gasteiger partial charge in [0, 0.05) is 12.3 Å². The van der Waals surface area contributed by atoms with Crippen molar-refractivity contribution in [2.45, 2.75) is 4.90 Å². The second kappa shape index (κ2) is 4.69. The van der Waals surface area contributed by atoms with Crippen LogP contribution in [0.5, 0.6) is 11.5 Å². The molecule has 0 radical (unpaired) electrons. The molecule has 96 valence electrons. The van der Waals surface area contributed by atoms with Crippen LogP contribution in [0.3, 0.4) is 0 Å². The van der Waals surface area contributed by atoms with Gasteiger partial charge in [0.15, 0.2) is 11.5 Å². The summed E-state index contributed by atoms with van der Waals surface area (Å²) in [4.78, 5) is 0.0869. The maximum Gasteiger partial charge on any atom is 0.283 e. The second-order valence-electron chi connectivity index (χ2n) is 3.40. The minimum absolute atomic E-state index is 0.0869. The first-order chi connectivity index (χ1) is 8.59. The van der Waals surface area contributed by atoms with E-state index in [-0.39, 0.29) is 4.90 Å². The smallest absolute Gasteiger partial charge is 0.283 e. The number of ether oxygens (including phenoxy) is 2. The molecule has 18 heavy (non-hydrogen) atoms. The number of hydrogen-bond donors (Lipinski definition) is 0. The lowest BCUT2D eigenvalue weighted by molar-refractivity contribution is 0.354. The summed E-state index contributed by atoms with van der Waals surface area (Å²) in [5.74, 6) is 0.822. The van der Waals surface area contributed by atoms with E-state index >= 15 is 0 Å². The summed E-state index contributed by atoms with van der Waals surface area (Å²) < 4.78 is 35.4. The zero-order valence-electron chi connectivity index (χ0n) is 9.90. The molecular weight excluding hydrogens is 256 g/mol. The van der Waals surface area contributed by atoms with Crippen LogP contribution in [0.15, 0.2) is 41.6 Å². The summed E-state index contributed by atoms with van der Waals surface area (Å²) in [6, 6.07) is 5.92. The Balaban J connectivity index is 2.53. The predicted octanol–water partition coefficient (Wildman–Crippen LogP) is 1.14. The molecule has 1 aromatic heterocycles. The van der Waals surface area contributed by atoms with Gasteiger partial charge in [-0.25, -0.2) is 0 Å². The lowest BCUT2D eigenvalue weighted by atomic mass is 10.3. The standard InChI is InChI=1S/C11H12N2O4S/c1-16-10-5-4-9(8-11(10)17-2)18(14,15)13-7-3-6-12-13/h3-8H,1-2H3. The fraction of sp³-hybridized carbons (Fsp3) is 0.182. The van der Waals surface area contributed by atoms with Crippen LogP contribution >= 0.6 is 0 Å². The first-order valence-electron chi connectivity index (χ1n) is 5.07. The van der Waals surface area contributed by atoms with E-state index in [1.807, 2.05) is 0 Å². The molecule has 0 atom stereocenters. The fourth-order valence-electron chi connectivity index (χ4n) is 1.48. The highest BCUT2D eigenvalue weighted by atomic mass is 32.2. The van der Waals surface area contributed by atoms with Crippen LogP contribution in [-0.2, 0) is 10.0 Å². The van der Waals surface area contributed by atoms with Crippen molar-refractivity contribution in [2.75, 3.05) is 14.2 Å². The van der Waals surface area contributed by atoms with E-state index in [2.05, 4.69) is 5.10 Å². The van der Waals surface area contributed by atoms with E-state index in [9.17, 15) is 8.42 Å². The highest BCUT2D eigenvalue weighted by Gasteiger charge is 2.19. The molecule has 6 nitrogen and oxygen atoms in total. The molecule has 0 unspecified atom stereocenters. The van der Waals surface area contributed by atoms with Crippen molar-refractivity contribution in [3.63, 3.8) is 0 Å². The number of rotatable bonds is 4. The summed E-state index contributed by atoms with van der Waals surface area (Å²) in [6.45, 7) is 0. The molecule has 2 rings (SSSR count). The average Bonchev–Trinajstić information content (AvgIpc) is 2.92. The molecule has 0 N–H and O–H groups in total. The number of methoxy groups -OCH3 is 2. The third-order valence-corrected chi connectivity index (χ3v) is 3.94. The second-order valence-corrected chi connectivity index (χ2v) is 5.20. The Morgan fingerprint density at radius 3 is 2.44 bits per heavy atom. The average molecular weight is 268 g/mol. The van der Waals surface area contributed by atoms with Gasteiger partial charge in [-0.05, 0) is 18.2 Å². The Morgan fingerprint density at radius 2 is 1.89 bits per heavy atom. The zero-order chi connectivity index (χ0) is 13.2. The van der Waals surface area contributed by atoms with E-state index < -0.39 is 10.0 Å². The number of benzene rings is 1. The van der Waals surface area contributed by atoms with Gasteiger partial charge >= 0.3 is 0 Å². The minimum Gasteiger partial charge on any atom is -0.493 e. The minimum atomic E-state index is -3.68. The van der Waals surface area contributed by atoms with Crippen molar-refractivity contribution >= 4 is 10.0 Å². The largest absolute Gasteiger partial charge is 0.493 e. The van der Waals surface area contributed by atoms with Crippen molar-refractivity contribution in [1.82, 2.24) is 9.19 Å². The Morgan fingerprint density at radius 1 is 1.17 bits per heavy atom. The van der Waals surface area contributed by atoms with Gasteiger partial charge in [-0.3, -0.25) is 0 Å². The van der Waals surface area contributed by atoms with E-state index in [1.165, 1.54) is 50.9 Å². The summed E-state index contributed by atoms with van der Waals surface area (Å²) in [5.41, 5.74) is 0. The zero-order valence-corrected chi connectivity index (χ0v) is 10.7. The molecule has 0 aliphatic heterocycles. The topological polar surface area (TPSA) is 70.4 Å². The first-order valence-corrected chi connectivity index (χ1v) is 6.51. The molecule has 1 heterocycles. The van der Waals surface area contributed by atoms with Crippen molar-refractivity contribution in [3.05, 3.63) is 36.7 Å². The van der Waals surface area contributed by atoms with Crippen LogP contribution in [0.4, 0.5) is 0 Å². The van der Waals surface area contributed by atoms with Gasteiger partial charge < -0.3 is 9.47 Å². The molecular formula is C11H12N2O4S.